The van der Waals surface area contributed by atoms with Gasteiger partial charge in [-0.05, 0) is 32.4 Å². The van der Waals surface area contributed by atoms with Crippen molar-refractivity contribution in [3.63, 3.8) is 0 Å². The summed E-state index contributed by atoms with van der Waals surface area (Å²) in [6.45, 7) is 3.80. The van der Waals surface area contributed by atoms with Gasteiger partial charge in [0.1, 0.15) is 13.2 Å². The first kappa shape index (κ1) is 12.5. The van der Waals surface area contributed by atoms with Crippen molar-refractivity contribution in [3.8, 4) is 17.2 Å². The molecule has 1 unspecified atom stereocenters. The molecule has 0 bridgehead atoms. The lowest BCUT2D eigenvalue weighted by Gasteiger charge is -2.29. The van der Waals surface area contributed by atoms with E-state index in [9.17, 15) is 4.39 Å². The second-order valence-corrected chi connectivity index (χ2v) is 5.16. The van der Waals surface area contributed by atoms with Crippen molar-refractivity contribution < 1.29 is 18.6 Å². The Morgan fingerprint density at radius 3 is 2.84 bits per heavy atom. The van der Waals surface area contributed by atoms with Gasteiger partial charge in [-0.15, -0.1) is 0 Å². The molecular weight excluding hydrogens is 249 g/mol. The molecule has 4 nitrogen and oxygen atoms in total. The van der Waals surface area contributed by atoms with E-state index in [1.54, 1.807) is 0 Å². The van der Waals surface area contributed by atoms with Crippen molar-refractivity contribution in [1.29, 1.82) is 0 Å². The number of methoxy groups -OCH3 is 1. The fourth-order valence-electron chi connectivity index (χ4n) is 2.86. The van der Waals surface area contributed by atoms with E-state index in [-0.39, 0.29) is 17.0 Å². The Kier molecular flexibility index (Phi) is 3.01. The number of halogens is 1. The summed E-state index contributed by atoms with van der Waals surface area (Å²) in [6, 6.07) is 1.84. The maximum atomic E-state index is 14.5. The Morgan fingerprint density at radius 2 is 2.16 bits per heavy atom. The van der Waals surface area contributed by atoms with Crippen LogP contribution in [0.3, 0.4) is 0 Å². The number of fused-ring (bicyclic) bond motifs is 1. The quantitative estimate of drug-likeness (QED) is 0.891. The van der Waals surface area contributed by atoms with E-state index in [0.717, 1.165) is 24.9 Å². The van der Waals surface area contributed by atoms with E-state index < -0.39 is 5.82 Å². The number of hydrogen-bond acceptors (Lipinski definition) is 4. The first-order chi connectivity index (χ1) is 9.15. The van der Waals surface area contributed by atoms with Gasteiger partial charge < -0.3 is 19.5 Å². The van der Waals surface area contributed by atoms with Crippen LogP contribution in [-0.2, 0) is 5.54 Å². The van der Waals surface area contributed by atoms with Gasteiger partial charge in [-0.1, -0.05) is 0 Å². The van der Waals surface area contributed by atoms with Gasteiger partial charge in [-0.25, -0.2) is 0 Å². The first-order valence-electron chi connectivity index (χ1n) is 6.57. The van der Waals surface area contributed by atoms with Crippen molar-refractivity contribution in [2.75, 3.05) is 26.9 Å². The molecule has 1 fully saturated rings. The van der Waals surface area contributed by atoms with Gasteiger partial charge in [0.05, 0.1) is 7.11 Å². The molecule has 1 N–H and O–H groups in total. The highest BCUT2D eigenvalue weighted by Crippen LogP contribution is 2.46. The van der Waals surface area contributed by atoms with Crippen molar-refractivity contribution in [1.82, 2.24) is 5.32 Å². The van der Waals surface area contributed by atoms with E-state index in [1.165, 1.54) is 7.11 Å². The molecule has 0 aromatic heterocycles. The largest absolute Gasteiger partial charge is 0.493 e. The molecule has 1 aromatic carbocycles. The zero-order chi connectivity index (χ0) is 13.5. The fourth-order valence-corrected chi connectivity index (χ4v) is 2.86. The molecule has 2 aliphatic heterocycles. The zero-order valence-corrected chi connectivity index (χ0v) is 11.2. The van der Waals surface area contributed by atoms with Crippen molar-refractivity contribution in [2.45, 2.75) is 25.3 Å². The van der Waals surface area contributed by atoms with Gasteiger partial charge in [0.25, 0.3) is 0 Å². The number of nitrogens with one attached hydrogen (secondary N) is 1. The van der Waals surface area contributed by atoms with E-state index in [2.05, 4.69) is 12.2 Å². The van der Waals surface area contributed by atoms with Crippen LogP contribution in [0.25, 0.3) is 0 Å². The molecular formula is C14H18FNO3. The number of hydrogen-bond donors (Lipinski definition) is 1. The maximum absolute atomic E-state index is 14.5. The second kappa shape index (κ2) is 4.56. The normalized spacial score (nSPS) is 25.4. The lowest BCUT2D eigenvalue weighted by Crippen LogP contribution is -2.34. The van der Waals surface area contributed by atoms with E-state index in [1.807, 2.05) is 6.07 Å². The van der Waals surface area contributed by atoms with Crippen LogP contribution in [-0.4, -0.2) is 26.9 Å². The molecule has 0 saturated carbocycles. The lowest BCUT2D eigenvalue weighted by atomic mass is 9.89. The molecule has 5 heteroatoms. The monoisotopic (exact) mass is 267 g/mol. The van der Waals surface area contributed by atoms with Crippen LogP contribution in [0.15, 0.2) is 6.07 Å². The zero-order valence-electron chi connectivity index (χ0n) is 11.2. The summed E-state index contributed by atoms with van der Waals surface area (Å²) in [5.41, 5.74) is 0.524. The minimum absolute atomic E-state index is 0.161. The molecule has 1 aromatic rings. The Morgan fingerprint density at radius 1 is 1.37 bits per heavy atom. The van der Waals surface area contributed by atoms with Crippen molar-refractivity contribution >= 4 is 0 Å². The van der Waals surface area contributed by atoms with Crippen LogP contribution in [0.1, 0.15) is 25.3 Å². The fraction of sp³-hybridized carbons (Fsp3) is 0.571. The van der Waals surface area contributed by atoms with Crippen LogP contribution in [0, 0.1) is 5.82 Å². The number of benzene rings is 1. The topological polar surface area (TPSA) is 39.7 Å². The van der Waals surface area contributed by atoms with Crippen LogP contribution < -0.4 is 19.5 Å². The van der Waals surface area contributed by atoms with Gasteiger partial charge in [-0.3, -0.25) is 0 Å². The summed E-state index contributed by atoms with van der Waals surface area (Å²) in [7, 11) is 1.48. The number of rotatable bonds is 2. The van der Waals surface area contributed by atoms with Gasteiger partial charge in [-0.2, -0.15) is 4.39 Å². The first-order valence-corrected chi connectivity index (χ1v) is 6.57. The molecule has 19 heavy (non-hydrogen) atoms. The van der Waals surface area contributed by atoms with Crippen LogP contribution >= 0.6 is 0 Å². The average molecular weight is 267 g/mol. The van der Waals surface area contributed by atoms with Crippen LogP contribution in [0.2, 0.25) is 0 Å². The average Bonchev–Trinajstić information content (AvgIpc) is 2.87. The third kappa shape index (κ3) is 1.92. The molecule has 1 atom stereocenters. The Balaban J connectivity index is 2.15. The Labute approximate surface area is 111 Å². The van der Waals surface area contributed by atoms with Gasteiger partial charge in [0, 0.05) is 11.1 Å². The number of ether oxygens (including phenoxy) is 3. The molecule has 0 aliphatic carbocycles. The van der Waals surface area contributed by atoms with Gasteiger partial charge >= 0.3 is 0 Å². The maximum Gasteiger partial charge on any atom is 0.211 e. The molecule has 0 radical (unpaired) electrons. The summed E-state index contributed by atoms with van der Waals surface area (Å²) >= 11 is 0. The predicted molar refractivity (Wildman–Crippen MR) is 68.5 cm³/mol. The van der Waals surface area contributed by atoms with E-state index in [0.29, 0.717) is 19.0 Å². The third-order valence-electron chi connectivity index (χ3n) is 3.90. The Hall–Kier alpha value is -1.49. The molecule has 2 heterocycles. The minimum atomic E-state index is -0.468. The highest BCUT2D eigenvalue weighted by Gasteiger charge is 2.36. The van der Waals surface area contributed by atoms with E-state index in [4.69, 9.17) is 14.2 Å². The van der Waals surface area contributed by atoms with Gasteiger partial charge in [0.15, 0.2) is 11.5 Å². The van der Waals surface area contributed by atoms with E-state index >= 15 is 0 Å². The smallest absolute Gasteiger partial charge is 0.211 e. The SMILES string of the molecule is COc1c(C2(C)CCCN2)cc2c(c1F)OCCO2. The summed E-state index contributed by atoms with van der Waals surface area (Å²) in [5.74, 6) is 0.411. The van der Waals surface area contributed by atoms with Crippen molar-refractivity contribution in [2.24, 2.45) is 0 Å². The Bertz CT molecular complexity index is 498. The third-order valence-corrected chi connectivity index (χ3v) is 3.90. The van der Waals surface area contributed by atoms with Crippen molar-refractivity contribution in [3.05, 3.63) is 17.4 Å². The van der Waals surface area contributed by atoms with Crippen LogP contribution in [0.5, 0.6) is 17.2 Å². The highest BCUT2D eigenvalue weighted by atomic mass is 19.1. The predicted octanol–water partition coefficient (Wildman–Crippen LogP) is 2.20. The summed E-state index contributed by atoms with van der Waals surface area (Å²) in [5, 5.41) is 3.41. The standard InChI is InChI=1S/C14H18FNO3/c1-14(4-3-5-16-14)9-8-10-13(19-7-6-18-10)11(15)12(9)17-2/h8,16H,3-7H2,1-2H3. The molecule has 3 rings (SSSR count). The minimum Gasteiger partial charge on any atom is -0.493 e. The molecule has 1 saturated heterocycles. The molecule has 104 valence electrons. The second-order valence-electron chi connectivity index (χ2n) is 5.16. The van der Waals surface area contributed by atoms with Gasteiger partial charge in [0.2, 0.25) is 11.6 Å². The molecule has 2 aliphatic rings. The summed E-state index contributed by atoms with van der Waals surface area (Å²) in [4.78, 5) is 0. The lowest BCUT2D eigenvalue weighted by molar-refractivity contribution is 0.161. The summed E-state index contributed by atoms with van der Waals surface area (Å²) < 4.78 is 30.6. The summed E-state index contributed by atoms with van der Waals surface area (Å²) in [6.07, 6.45) is 2.01. The van der Waals surface area contributed by atoms with Crippen LogP contribution in [0.4, 0.5) is 4.39 Å². The molecule has 0 spiro atoms. The molecule has 0 amide bonds. The highest BCUT2D eigenvalue weighted by molar-refractivity contribution is 5.55.